The molecular weight excluding hydrogens is 358 g/mol. The maximum absolute atomic E-state index is 6.33. The van der Waals surface area contributed by atoms with Crippen LogP contribution in [0.4, 0.5) is 0 Å². The van der Waals surface area contributed by atoms with Crippen LogP contribution in [0, 0.1) is 0 Å². The Bertz CT molecular complexity index is 302. The van der Waals surface area contributed by atoms with E-state index >= 15 is 0 Å². The van der Waals surface area contributed by atoms with Gasteiger partial charge in [-0.15, -0.1) is 0 Å². The summed E-state index contributed by atoms with van der Waals surface area (Å²) in [6.07, 6.45) is 0.648. The van der Waals surface area contributed by atoms with Gasteiger partial charge in [-0.05, 0) is 60.9 Å². The Labute approximate surface area is 160 Å². The summed E-state index contributed by atoms with van der Waals surface area (Å²) in [5, 5.41) is 0. The van der Waals surface area contributed by atoms with Crippen molar-refractivity contribution < 1.29 is 31.9 Å². The van der Waals surface area contributed by atoms with Crippen molar-refractivity contribution in [2.75, 3.05) is 46.2 Å². The molecule has 0 amide bonds. The predicted octanol–water partition coefficient (Wildman–Crippen LogP) is 2.42. The number of hydrogen-bond acceptors (Lipinski definition) is 8. The van der Waals surface area contributed by atoms with Crippen molar-refractivity contribution in [1.29, 1.82) is 0 Å². The molecule has 0 heterocycles. The largest absolute Gasteiger partial charge is 0.680 e. The Hall–Kier alpha value is -0.103. The lowest BCUT2D eigenvalue weighted by molar-refractivity contribution is -0.411. The molecule has 0 aliphatic rings. The van der Waals surface area contributed by atoms with Gasteiger partial charge in [0, 0.05) is 39.6 Å². The molecule has 0 aromatic heterocycles. The molecule has 0 aliphatic heterocycles. The molecule has 1 atom stereocenters. The summed E-state index contributed by atoms with van der Waals surface area (Å²) in [5.74, 6) is -1.36. The number of ether oxygens (including phenoxy) is 3. The van der Waals surface area contributed by atoms with E-state index in [4.69, 9.17) is 37.6 Å². The van der Waals surface area contributed by atoms with Crippen molar-refractivity contribution in [2.24, 2.45) is 5.73 Å². The van der Waals surface area contributed by atoms with E-state index in [1.54, 1.807) is 0 Å². The van der Waals surface area contributed by atoms with Crippen LogP contribution < -0.4 is 5.73 Å². The van der Waals surface area contributed by atoms with Crippen molar-refractivity contribution in [1.82, 2.24) is 0 Å². The van der Waals surface area contributed by atoms with Gasteiger partial charge in [-0.2, -0.15) is 0 Å². The zero-order chi connectivity index (χ0) is 19.9. The minimum absolute atomic E-state index is 0.398. The minimum atomic E-state index is -3.39. The SMILES string of the molecule is CCOC(OCC)(OCC)[C@@H](CCCN)O[Si](OCC)(OCC)OCC. The second-order valence-electron chi connectivity index (χ2n) is 5.24. The summed E-state index contributed by atoms with van der Waals surface area (Å²) in [6, 6.07) is 0. The Morgan fingerprint density at radius 3 is 1.46 bits per heavy atom. The third-order valence-electron chi connectivity index (χ3n) is 3.35. The second kappa shape index (κ2) is 14.9. The normalized spacial score (nSPS) is 14.0. The molecule has 26 heavy (non-hydrogen) atoms. The molecule has 0 bridgehead atoms. The van der Waals surface area contributed by atoms with E-state index in [9.17, 15) is 0 Å². The number of nitrogens with two attached hydrogens (primary N) is 1. The first kappa shape index (κ1) is 25.9. The maximum Gasteiger partial charge on any atom is 0.680 e. The standard InChI is InChI=1S/C17H39NO7Si/c1-7-19-17(20-8-2,21-9-3)16(14-13-15-18)25-26(22-10-4,23-11-5)24-12-6/h16H,7-15,18H2,1-6H3/t16-/m1/s1. The number of hydrogen-bond donors (Lipinski definition) is 1. The van der Waals surface area contributed by atoms with Gasteiger partial charge in [0.15, 0.2) is 0 Å². The van der Waals surface area contributed by atoms with Crippen LogP contribution >= 0.6 is 0 Å². The first-order valence-corrected chi connectivity index (χ1v) is 11.4. The highest BCUT2D eigenvalue weighted by atomic mass is 28.4. The third-order valence-corrected chi connectivity index (χ3v) is 5.85. The van der Waals surface area contributed by atoms with E-state index in [-0.39, 0.29) is 0 Å². The average molecular weight is 398 g/mol. The molecule has 0 aliphatic carbocycles. The van der Waals surface area contributed by atoms with E-state index in [0.717, 1.165) is 0 Å². The van der Waals surface area contributed by atoms with Gasteiger partial charge in [-0.25, -0.2) is 0 Å². The highest BCUT2D eigenvalue weighted by Crippen LogP contribution is 2.30. The Kier molecular flexibility index (Phi) is 14.8. The Morgan fingerprint density at radius 1 is 0.731 bits per heavy atom. The van der Waals surface area contributed by atoms with Gasteiger partial charge in [0.1, 0.15) is 6.10 Å². The van der Waals surface area contributed by atoms with Crippen molar-refractivity contribution in [3.63, 3.8) is 0 Å². The molecule has 0 fully saturated rings. The lowest BCUT2D eigenvalue weighted by atomic mass is 10.1. The van der Waals surface area contributed by atoms with Crippen molar-refractivity contribution >= 4 is 9.05 Å². The molecule has 0 unspecified atom stereocenters. The fraction of sp³-hybridized carbons (Fsp3) is 1.00. The first-order chi connectivity index (χ1) is 12.5. The molecule has 0 radical (unpaired) electrons. The summed E-state index contributed by atoms with van der Waals surface area (Å²) in [4.78, 5) is 0. The van der Waals surface area contributed by atoms with Crippen LogP contribution in [0.1, 0.15) is 54.4 Å². The van der Waals surface area contributed by atoms with Crippen LogP contribution in [-0.4, -0.2) is 67.3 Å². The van der Waals surface area contributed by atoms with Crippen molar-refractivity contribution in [3.05, 3.63) is 0 Å². The molecule has 0 aromatic rings. The van der Waals surface area contributed by atoms with E-state index in [0.29, 0.717) is 59.0 Å². The Balaban J connectivity index is 5.80. The van der Waals surface area contributed by atoms with E-state index < -0.39 is 21.1 Å². The van der Waals surface area contributed by atoms with Crippen LogP contribution in [0.5, 0.6) is 0 Å². The van der Waals surface area contributed by atoms with Crippen LogP contribution in [0.25, 0.3) is 0 Å². The summed E-state index contributed by atoms with van der Waals surface area (Å²) < 4.78 is 41.5. The molecule has 0 aromatic carbocycles. The lowest BCUT2D eigenvalue weighted by Crippen LogP contribution is -2.59. The average Bonchev–Trinajstić information content (AvgIpc) is 2.60. The number of rotatable bonds is 18. The molecular formula is C17H39NO7Si. The van der Waals surface area contributed by atoms with E-state index in [1.165, 1.54) is 0 Å². The first-order valence-electron chi connectivity index (χ1n) is 9.74. The summed E-state index contributed by atoms with van der Waals surface area (Å²) >= 11 is 0. The van der Waals surface area contributed by atoms with E-state index in [2.05, 4.69) is 0 Å². The van der Waals surface area contributed by atoms with Crippen LogP contribution in [0.15, 0.2) is 0 Å². The quantitative estimate of drug-likeness (QED) is 0.278. The topological polar surface area (TPSA) is 90.6 Å². The monoisotopic (exact) mass is 397 g/mol. The predicted molar refractivity (Wildman–Crippen MR) is 101 cm³/mol. The fourth-order valence-electron chi connectivity index (χ4n) is 2.55. The molecule has 0 spiro atoms. The molecule has 0 saturated carbocycles. The van der Waals surface area contributed by atoms with Crippen LogP contribution in [-0.2, 0) is 31.9 Å². The van der Waals surface area contributed by atoms with Crippen LogP contribution in [0.2, 0.25) is 0 Å². The molecule has 9 heteroatoms. The highest BCUT2D eigenvalue weighted by Gasteiger charge is 2.53. The molecule has 0 rings (SSSR count). The minimum Gasteiger partial charge on any atom is -0.351 e. The molecule has 2 N–H and O–H groups in total. The third kappa shape index (κ3) is 8.28. The summed E-state index contributed by atoms with van der Waals surface area (Å²) in [7, 11) is -3.39. The van der Waals surface area contributed by atoms with Crippen LogP contribution in [0.3, 0.4) is 0 Å². The molecule has 8 nitrogen and oxygen atoms in total. The van der Waals surface area contributed by atoms with Gasteiger partial charge in [0.25, 0.3) is 0 Å². The van der Waals surface area contributed by atoms with Gasteiger partial charge < -0.3 is 37.6 Å². The Morgan fingerprint density at radius 2 is 1.15 bits per heavy atom. The fourth-order valence-corrected chi connectivity index (χ4v) is 4.68. The maximum atomic E-state index is 6.33. The van der Waals surface area contributed by atoms with Gasteiger partial charge in [-0.3, -0.25) is 0 Å². The highest BCUT2D eigenvalue weighted by molar-refractivity contribution is 6.53. The van der Waals surface area contributed by atoms with Crippen molar-refractivity contribution in [3.8, 4) is 0 Å². The van der Waals surface area contributed by atoms with Crippen molar-refractivity contribution in [2.45, 2.75) is 66.5 Å². The van der Waals surface area contributed by atoms with Gasteiger partial charge >= 0.3 is 15.0 Å². The zero-order valence-electron chi connectivity index (χ0n) is 17.4. The lowest BCUT2D eigenvalue weighted by Gasteiger charge is -2.41. The van der Waals surface area contributed by atoms with Gasteiger partial charge in [0.2, 0.25) is 0 Å². The smallest absolute Gasteiger partial charge is 0.351 e. The molecule has 158 valence electrons. The second-order valence-corrected chi connectivity index (χ2v) is 7.34. The van der Waals surface area contributed by atoms with E-state index in [1.807, 2.05) is 41.5 Å². The molecule has 0 saturated heterocycles. The summed E-state index contributed by atoms with van der Waals surface area (Å²) in [6.45, 7) is 14.2. The summed E-state index contributed by atoms with van der Waals surface area (Å²) in [5.41, 5.74) is 5.72. The zero-order valence-corrected chi connectivity index (χ0v) is 18.4. The van der Waals surface area contributed by atoms with Gasteiger partial charge in [0.05, 0.1) is 0 Å². The van der Waals surface area contributed by atoms with Gasteiger partial charge in [-0.1, -0.05) is 0 Å².